The molecule has 1 aliphatic heterocycles. The van der Waals surface area contributed by atoms with E-state index in [2.05, 4.69) is 15.2 Å². The number of carbonyl (C=O) groups is 1. The largest absolute Gasteiger partial charge is 0.484 e. The molecule has 26 heavy (non-hydrogen) atoms. The van der Waals surface area contributed by atoms with Gasteiger partial charge in [-0.1, -0.05) is 18.2 Å². The number of nitrogens with one attached hydrogen (secondary N) is 1. The smallest absolute Gasteiger partial charge is 0.272 e. The first-order valence-corrected chi connectivity index (χ1v) is 8.67. The molecule has 4 rings (SSSR count). The van der Waals surface area contributed by atoms with Crippen LogP contribution in [-0.4, -0.2) is 37.1 Å². The molecule has 1 aliphatic rings. The van der Waals surface area contributed by atoms with Gasteiger partial charge in [-0.3, -0.25) is 9.89 Å². The topological polar surface area (TPSA) is 76.0 Å². The first kappa shape index (κ1) is 16.4. The van der Waals surface area contributed by atoms with E-state index in [0.29, 0.717) is 18.8 Å². The minimum atomic E-state index is -0.204. The van der Waals surface area contributed by atoms with Crippen LogP contribution in [-0.2, 0) is 20.0 Å². The van der Waals surface area contributed by atoms with Gasteiger partial charge in [0.15, 0.2) is 0 Å². The molecule has 0 fully saturated rings. The van der Waals surface area contributed by atoms with Crippen molar-refractivity contribution < 1.29 is 9.53 Å². The van der Waals surface area contributed by atoms with E-state index < -0.39 is 0 Å². The summed E-state index contributed by atoms with van der Waals surface area (Å²) in [5.74, 6) is 0.787. The minimum Gasteiger partial charge on any atom is -0.484 e. The normalized spacial score (nSPS) is 14.8. The van der Waals surface area contributed by atoms with Crippen molar-refractivity contribution in [1.82, 2.24) is 24.6 Å². The molecule has 7 heteroatoms. The Hall–Kier alpha value is -3.09. The van der Waals surface area contributed by atoms with Crippen LogP contribution in [0.2, 0.25) is 0 Å². The van der Waals surface area contributed by atoms with Crippen molar-refractivity contribution in [2.75, 3.05) is 6.54 Å². The summed E-state index contributed by atoms with van der Waals surface area (Å²) in [6, 6.07) is 9.68. The lowest BCUT2D eigenvalue weighted by Gasteiger charge is -2.27. The summed E-state index contributed by atoms with van der Waals surface area (Å²) in [5, 5.41) is 7.58. The fourth-order valence-corrected chi connectivity index (χ4v) is 3.31. The molecule has 1 aromatic carbocycles. The number of rotatable bonds is 4. The lowest BCUT2D eigenvalue weighted by Crippen LogP contribution is -2.37. The number of hydrogen-bond donors (Lipinski definition) is 1. The van der Waals surface area contributed by atoms with Crippen molar-refractivity contribution in [2.24, 2.45) is 7.05 Å². The maximum Gasteiger partial charge on any atom is 0.272 e. The highest BCUT2D eigenvalue weighted by atomic mass is 16.5. The highest BCUT2D eigenvalue weighted by Crippen LogP contribution is 2.28. The SMILES string of the molecule is CC(Oc1ccccc1)c1n[nH]c2c1CN(C(=O)c1cncn1C)CC2. The third-order valence-corrected chi connectivity index (χ3v) is 4.73. The van der Waals surface area contributed by atoms with Gasteiger partial charge in [-0.25, -0.2) is 4.98 Å². The second kappa shape index (κ2) is 6.67. The molecule has 2 aromatic heterocycles. The van der Waals surface area contributed by atoms with E-state index in [1.807, 2.05) is 49.2 Å². The standard InChI is InChI=1S/C19H21N5O2/c1-13(26-14-6-4-3-5-7-14)18-15-11-24(9-8-16(15)21-22-18)19(25)17-10-20-12-23(17)2/h3-7,10,12-13H,8-9,11H2,1-2H3,(H,21,22). The fourth-order valence-electron chi connectivity index (χ4n) is 3.31. The Labute approximate surface area is 151 Å². The Morgan fingerprint density at radius 3 is 2.85 bits per heavy atom. The van der Waals surface area contributed by atoms with E-state index in [9.17, 15) is 4.79 Å². The van der Waals surface area contributed by atoms with E-state index in [0.717, 1.165) is 29.1 Å². The number of amides is 1. The quantitative estimate of drug-likeness (QED) is 0.783. The minimum absolute atomic E-state index is 0.0144. The molecule has 0 saturated carbocycles. The van der Waals surface area contributed by atoms with Crippen LogP contribution in [0, 0.1) is 0 Å². The maximum absolute atomic E-state index is 12.8. The molecule has 3 heterocycles. The monoisotopic (exact) mass is 351 g/mol. The molecule has 1 amide bonds. The van der Waals surface area contributed by atoms with E-state index in [-0.39, 0.29) is 12.0 Å². The van der Waals surface area contributed by atoms with Crippen molar-refractivity contribution in [3.05, 3.63) is 65.5 Å². The summed E-state index contributed by atoms with van der Waals surface area (Å²) in [7, 11) is 1.83. The van der Waals surface area contributed by atoms with Gasteiger partial charge in [-0.05, 0) is 19.1 Å². The van der Waals surface area contributed by atoms with E-state index in [4.69, 9.17) is 4.74 Å². The molecular formula is C19H21N5O2. The maximum atomic E-state index is 12.8. The van der Waals surface area contributed by atoms with Crippen molar-refractivity contribution >= 4 is 5.91 Å². The molecule has 0 saturated heterocycles. The lowest BCUT2D eigenvalue weighted by atomic mass is 10.0. The summed E-state index contributed by atoms with van der Waals surface area (Å²) >= 11 is 0. The molecule has 0 radical (unpaired) electrons. The van der Waals surface area contributed by atoms with Crippen LogP contribution in [0.15, 0.2) is 42.9 Å². The summed E-state index contributed by atoms with van der Waals surface area (Å²) in [4.78, 5) is 18.7. The molecule has 0 bridgehead atoms. The predicted molar refractivity (Wildman–Crippen MR) is 95.7 cm³/mol. The van der Waals surface area contributed by atoms with Gasteiger partial charge in [0.05, 0.1) is 12.5 Å². The Bertz CT molecular complexity index is 915. The second-order valence-corrected chi connectivity index (χ2v) is 6.51. The van der Waals surface area contributed by atoms with Gasteiger partial charge in [-0.2, -0.15) is 5.10 Å². The van der Waals surface area contributed by atoms with Gasteiger partial charge in [-0.15, -0.1) is 0 Å². The lowest BCUT2D eigenvalue weighted by molar-refractivity contribution is 0.0722. The fraction of sp³-hybridized carbons (Fsp3) is 0.316. The first-order chi connectivity index (χ1) is 12.6. The number of aryl methyl sites for hydroxylation is 1. The zero-order valence-electron chi connectivity index (χ0n) is 14.8. The van der Waals surface area contributed by atoms with Crippen LogP contribution in [0.1, 0.15) is 40.5 Å². The third-order valence-electron chi connectivity index (χ3n) is 4.73. The average molecular weight is 351 g/mol. The molecule has 0 aliphatic carbocycles. The molecule has 7 nitrogen and oxygen atoms in total. The second-order valence-electron chi connectivity index (χ2n) is 6.51. The van der Waals surface area contributed by atoms with Crippen LogP contribution >= 0.6 is 0 Å². The van der Waals surface area contributed by atoms with Crippen LogP contribution in [0.4, 0.5) is 0 Å². The van der Waals surface area contributed by atoms with Crippen LogP contribution in [0.25, 0.3) is 0 Å². The van der Waals surface area contributed by atoms with Gasteiger partial charge >= 0.3 is 0 Å². The van der Waals surface area contributed by atoms with Crippen molar-refractivity contribution in [2.45, 2.75) is 26.0 Å². The summed E-state index contributed by atoms with van der Waals surface area (Å²) in [6.45, 7) is 3.16. The molecule has 1 unspecified atom stereocenters. The molecule has 1 atom stereocenters. The Morgan fingerprint density at radius 1 is 1.31 bits per heavy atom. The zero-order chi connectivity index (χ0) is 18.1. The zero-order valence-corrected chi connectivity index (χ0v) is 14.8. The number of para-hydroxylation sites is 1. The number of aromatic amines is 1. The van der Waals surface area contributed by atoms with Gasteiger partial charge in [0, 0.05) is 37.8 Å². The molecular weight excluding hydrogens is 330 g/mol. The van der Waals surface area contributed by atoms with Crippen LogP contribution in [0.5, 0.6) is 5.75 Å². The predicted octanol–water partition coefficient (Wildman–Crippen LogP) is 2.48. The van der Waals surface area contributed by atoms with Gasteiger partial charge in [0.1, 0.15) is 23.2 Å². The van der Waals surface area contributed by atoms with Crippen molar-refractivity contribution in [3.8, 4) is 5.75 Å². The van der Waals surface area contributed by atoms with Crippen LogP contribution in [0.3, 0.4) is 0 Å². The van der Waals surface area contributed by atoms with E-state index in [1.165, 1.54) is 0 Å². The number of H-pyrrole nitrogens is 1. The number of ether oxygens (including phenoxy) is 1. The van der Waals surface area contributed by atoms with Gasteiger partial charge in [0.25, 0.3) is 5.91 Å². The summed E-state index contributed by atoms with van der Waals surface area (Å²) in [6.07, 6.45) is 3.80. The van der Waals surface area contributed by atoms with Crippen molar-refractivity contribution in [3.63, 3.8) is 0 Å². The first-order valence-electron chi connectivity index (χ1n) is 8.67. The van der Waals surface area contributed by atoms with E-state index in [1.54, 1.807) is 17.1 Å². The number of benzene rings is 1. The summed E-state index contributed by atoms with van der Waals surface area (Å²) < 4.78 is 7.76. The molecule has 3 aromatic rings. The number of fused-ring (bicyclic) bond motifs is 1. The highest BCUT2D eigenvalue weighted by molar-refractivity contribution is 5.92. The average Bonchev–Trinajstić information content (AvgIpc) is 3.27. The van der Waals surface area contributed by atoms with Crippen molar-refractivity contribution in [1.29, 1.82) is 0 Å². The van der Waals surface area contributed by atoms with E-state index >= 15 is 0 Å². The highest BCUT2D eigenvalue weighted by Gasteiger charge is 2.29. The number of nitrogens with zero attached hydrogens (tertiary/aromatic N) is 4. The molecule has 1 N–H and O–H groups in total. The Balaban J connectivity index is 1.54. The molecule has 134 valence electrons. The third kappa shape index (κ3) is 2.96. The number of hydrogen-bond acceptors (Lipinski definition) is 4. The Morgan fingerprint density at radius 2 is 2.12 bits per heavy atom. The van der Waals surface area contributed by atoms with Gasteiger partial charge in [0.2, 0.25) is 0 Å². The number of aromatic nitrogens is 4. The Kier molecular flexibility index (Phi) is 4.20. The summed E-state index contributed by atoms with van der Waals surface area (Å²) in [5.41, 5.74) is 3.58. The number of imidazole rings is 1. The number of carbonyl (C=O) groups excluding carboxylic acids is 1. The van der Waals surface area contributed by atoms with Gasteiger partial charge < -0.3 is 14.2 Å². The molecule has 0 spiro atoms. The van der Waals surface area contributed by atoms with Crippen LogP contribution < -0.4 is 4.74 Å².